The van der Waals surface area contributed by atoms with Gasteiger partial charge in [-0.1, -0.05) is 49.7 Å². The molecule has 0 saturated heterocycles. The van der Waals surface area contributed by atoms with Crippen molar-refractivity contribution in [2.75, 3.05) is 6.61 Å². The average molecular weight is 270 g/mol. The van der Waals surface area contributed by atoms with E-state index in [1.165, 1.54) is 0 Å². The van der Waals surface area contributed by atoms with Gasteiger partial charge in [-0.2, -0.15) is 0 Å². The van der Waals surface area contributed by atoms with Crippen molar-refractivity contribution in [1.29, 1.82) is 0 Å². The molecule has 0 unspecified atom stereocenters. The Morgan fingerprint density at radius 2 is 1.85 bits per heavy atom. The van der Waals surface area contributed by atoms with Gasteiger partial charge in [0.1, 0.15) is 11.5 Å². The summed E-state index contributed by atoms with van der Waals surface area (Å²) in [7, 11) is 0. The summed E-state index contributed by atoms with van der Waals surface area (Å²) in [6.07, 6.45) is 1.63. The highest BCUT2D eigenvalue weighted by molar-refractivity contribution is 5.97. The molecule has 20 heavy (non-hydrogen) atoms. The van der Waals surface area contributed by atoms with Crippen LogP contribution < -0.4 is 4.74 Å². The second-order valence-electron chi connectivity index (χ2n) is 4.58. The van der Waals surface area contributed by atoms with Crippen molar-refractivity contribution in [1.82, 2.24) is 0 Å². The van der Waals surface area contributed by atoms with Crippen molar-refractivity contribution < 1.29 is 14.6 Å². The van der Waals surface area contributed by atoms with E-state index >= 15 is 0 Å². The number of rotatable bonds is 6. The lowest BCUT2D eigenvalue weighted by Crippen LogP contribution is -2.12. The molecule has 0 atom stereocenters. The average Bonchev–Trinajstić information content (AvgIpc) is 2.48. The number of phenols is 1. The molecule has 0 bridgehead atoms. The number of ether oxygens (including phenoxy) is 1. The van der Waals surface area contributed by atoms with Gasteiger partial charge in [0.05, 0.1) is 0 Å². The van der Waals surface area contributed by atoms with Crippen molar-refractivity contribution in [3.05, 3.63) is 59.7 Å². The van der Waals surface area contributed by atoms with Crippen LogP contribution in [0.25, 0.3) is 0 Å². The molecule has 0 aliphatic rings. The zero-order chi connectivity index (χ0) is 14.4. The minimum absolute atomic E-state index is 0.0236. The fourth-order valence-electron chi connectivity index (χ4n) is 2.04. The Hall–Kier alpha value is -2.29. The Bertz CT molecular complexity index is 576. The van der Waals surface area contributed by atoms with Crippen LogP contribution in [0.1, 0.15) is 29.3 Å². The van der Waals surface area contributed by atoms with E-state index in [0.29, 0.717) is 11.3 Å². The molecular formula is C17H18O3. The second-order valence-corrected chi connectivity index (χ2v) is 4.58. The van der Waals surface area contributed by atoms with E-state index in [1.54, 1.807) is 30.3 Å². The summed E-state index contributed by atoms with van der Waals surface area (Å²) < 4.78 is 5.58. The lowest BCUT2D eigenvalue weighted by molar-refractivity contribution is 0.0920. The van der Waals surface area contributed by atoms with Gasteiger partial charge in [0, 0.05) is 11.1 Å². The highest BCUT2D eigenvalue weighted by atomic mass is 16.5. The molecule has 104 valence electrons. The van der Waals surface area contributed by atoms with Gasteiger partial charge in [-0.15, -0.1) is 0 Å². The third kappa shape index (κ3) is 3.38. The maximum Gasteiger partial charge on any atom is 0.200 e. The van der Waals surface area contributed by atoms with Gasteiger partial charge >= 0.3 is 0 Å². The summed E-state index contributed by atoms with van der Waals surface area (Å²) >= 11 is 0. The van der Waals surface area contributed by atoms with Crippen molar-refractivity contribution in [2.24, 2.45) is 0 Å². The van der Waals surface area contributed by atoms with Crippen LogP contribution in [-0.4, -0.2) is 17.5 Å². The first kappa shape index (κ1) is 14.1. The van der Waals surface area contributed by atoms with Crippen LogP contribution in [0.5, 0.6) is 11.5 Å². The molecule has 0 saturated carbocycles. The fraction of sp³-hybridized carbons (Fsp3) is 0.235. The first-order chi connectivity index (χ1) is 9.72. The van der Waals surface area contributed by atoms with Gasteiger partial charge in [0.25, 0.3) is 0 Å². The lowest BCUT2D eigenvalue weighted by Gasteiger charge is -2.12. The second kappa shape index (κ2) is 6.75. The highest BCUT2D eigenvalue weighted by Gasteiger charge is 2.11. The van der Waals surface area contributed by atoms with Gasteiger partial charge in [0.2, 0.25) is 0 Å². The molecule has 3 heteroatoms. The molecule has 0 heterocycles. The molecule has 1 N–H and O–H groups in total. The summed E-state index contributed by atoms with van der Waals surface area (Å²) in [5.41, 5.74) is 1.39. The third-order valence-corrected chi connectivity index (χ3v) is 3.06. The first-order valence-corrected chi connectivity index (χ1v) is 6.74. The van der Waals surface area contributed by atoms with E-state index in [2.05, 4.69) is 0 Å². The van der Waals surface area contributed by atoms with E-state index in [-0.39, 0.29) is 18.1 Å². The number of hydrogen-bond acceptors (Lipinski definition) is 3. The maximum absolute atomic E-state index is 12.0. The van der Waals surface area contributed by atoms with Gasteiger partial charge in [-0.25, -0.2) is 0 Å². The van der Waals surface area contributed by atoms with Crippen LogP contribution in [0.3, 0.4) is 0 Å². The Morgan fingerprint density at radius 3 is 2.55 bits per heavy atom. The van der Waals surface area contributed by atoms with Gasteiger partial charge in [0.15, 0.2) is 12.4 Å². The highest BCUT2D eigenvalue weighted by Crippen LogP contribution is 2.28. The summed E-state index contributed by atoms with van der Waals surface area (Å²) in [4.78, 5) is 12.0. The van der Waals surface area contributed by atoms with Crippen molar-refractivity contribution in [3.8, 4) is 11.5 Å². The Labute approximate surface area is 118 Å². The van der Waals surface area contributed by atoms with Crippen LogP contribution in [0.4, 0.5) is 0 Å². The molecule has 0 radical (unpaired) electrons. The summed E-state index contributed by atoms with van der Waals surface area (Å²) in [6, 6.07) is 14.2. The number of carbonyl (C=O) groups is 1. The van der Waals surface area contributed by atoms with Gasteiger partial charge in [-0.3, -0.25) is 4.79 Å². The molecule has 2 rings (SSSR count). The van der Waals surface area contributed by atoms with Crippen molar-refractivity contribution in [3.63, 3.8) is 0 Å². The molecule has 2 aromatic carbocycles. The molecular weight excluding hydrogens is 252 g/mol. The smallest absolute Gasteiger partial charge is 0.200 e. The molecule has 0 spiro atoms. The zero-order valence-corrected chi connectivity index (χ0v) is 11.5. The van der Waals surface area contributed by atoms with E-state index < -0.39 is 0 Å². The molecule has 0 aliphatic carbocycles. The Balaban J connectivity index is 2.08. The van der Waals surface area contributed by atoms with Crippen LogP contribution in [0, 0.1) is 0 Å². The fourth-order valence-corrected chi connectivity index (χ4v) is 2.04. The minimum atomic E-state index is -0.0728. The molecule has 0 aliphatic heterocycles. The van der Waals surface area contributed by atoms with E-state index in [1.807, 2.05) is 25.1 Å². The van der Waals surface area contributed by atoms with E-state index in [4.69, 9.17) is 4.74 Å². The Kier molecular flexibility index (Phi) is 4.77. The van der Waals surface area contributed by atoms with E-state index in [9.17, 15) is 9.90 Å². The predicted molar refractivity (Wildman–Crippen MR) is 78.4 cm³/mol. The quantitative estimate of drug-likeness (QED) is 0.816. The standard InChI is InChI=1S/C17H18O3/c1-2-7-14-15(18)10-6-11-17(14)20-12-16(19)13-8-4-3-5-9-13/h3-6,8-11,18H,2,7,12H2,1H3. The van der Waals surface area contributed by atoms with E-state index in [0.717, 1.165) is 18.4 Å². The van der Waals surface area contributed by atoms with Crippen LogP contribution >= 0.6 is 0 Å². The van der Waals surface area contributed by atoms with Gasteiger partial charge in [-0.05, 0) is 18.6 Å². The molecule has 2 aromatic rings. The number of ketones is 1. The number of benzene rings is 2. The normalized spacial score (nSPS) is 10.2. The lowest BCUT2D eigenvalue weighted by atomic mass is 10.1. The number of phenolic OH excluding ortho intramolecular Hbond substituents is 1. The molecule has 0 amide bonds. The first-order valence-electron chi connectivity index (χ1n) is 6.74. The molecule has 0 fully saturated rings. The summed E-state index contributed by atoms with van der Waals surface area (Å²) in [5, 5.41) is 9.84. The van der Waals surface area contributed by atoms with Gasteiger partial charge < -0.3 is 9.84 Å². The third-order valence-electron chi connectivity index (χ3n) is 3.06. The summed E-state index contributed by atoms with van der Waals surface area (Å²) in [5.74, 6) is 0.726. The zero-order valence-electron chi connectivity index (χ0n) is 11.5. The van der Waals surface area contributed by atoms with Crippen LogP contribution in [-0.2, 0) is 6.42 Å². The SMILES string of the molecule is CCCc1c(O)cccc1OCC(=O)c1ccccc1. The number of carbonyl (C=O) groups excluding carboxylic acids is 1. The maximum atomic E-state index is 12.0. The molecule has 3 nitrogen and oxygen atoms in total. The number of Topliss-reactive ketones (excluding diaryl/α,β-unsaturated/α-hetero) is 1. The minimum Gasteiger partial charge on any atom is -0.508 e. The topological polar surface area (TPSA) is 46.5 Å². The molecule has 0 aromatic heterocycles. The number of hydrogen-bond donors (Lipinski definition) is 1. The number of aromatic hydroxyl groups is 1. The summed E-state index contributed by atoms with van der Waals surface area (Å²) in [6.45, 7) is 2.01. The monoisotopic (exact) mass is 270 g/mol. The predicted octanol–water partition coefficient (Wildman–Crippen LogP) is 3.61. The van der Waals surface area contributed by atoms with Crippen molar-refractivity contribution in [2.45, 2.75) is 19.8 Å². The van der Waals surface area contributed by atoms with Crippen LogP contribution in [0.2, 0.25) is 0 Å². The van der Waals surface area contributed by atoms with Crippen LogP contribution in [0.15, 0.2) is 48.5 Å². The largest absolute Gasteiger partial charge is 0.508 e. The van der Waals surface area contributed by atoms with Crippen molar-refractivity contribution >= 4 is 5.78 Å². The Morgan fingerprint density at radius 1 is 1.10 bits per heavy atom.